The van der Waals surface area contributed by atoms with Gasteiger partial charge in [-0.2, -0.15) is 0 Å². The molecule has 3 aromatic carbocycles. The van der Waals surface area contributed by atoms with Crippen LogP contribution in [0.5, 0.6) is 0 Å². The highest BCUT2D eigenvalue weighted by Crippen LogP contribution is 2.26. The Balaban J connectivity index is 1.65. The lowest BCUT2D eigenvalue weighted by atomic mass is 10.1. The summed E-state index contributed by atoms with van der Waals surface area (Å²) in [7, 11) is 0. The Morgan fingerprint density at radius 1 is 0.778 bits per heavy atom. The van der Waals surface area contributed by atoms with E-state index in [4.69, 9.17) is 23.2 Å². The summed E-state index contributed by atoms with van der Waals surface area (Å²) in [6.45, 7) is 0. The molecule has 136 valence electrons. The van der Waals surface area contributed by atoms with Gasteiger partial charge in [0.15, 0.2) is 0 Å². The van der Waals surface area contributed by atoms with E-state index in [9.17, 15) is 14.9 Å². The zero-order chi connectivity index (χ0) is 19.4. The van der Waals surface area contributed by atoms with Gasteiger partial charge in [-0.05, 0) is 53.6 Å². The zero-order valence-electron chi connectivity index (χ0n) is 13.8. The molecule has 0 aliphatic carbocycles. The van der Waals surface area contributed by atoms with E-state index in [0.717, 1.165) is 11.1 Å². The van der Waals surface area contributed by atoms with Crippen LogP contribution in [0.1, 0.15) is 0 Å². The Kier molecular flexibility index (Phi) is 5.59. The topological polar surface area (TPSA) is 84.3 Å². The number of carbonyl (C=O) groups is 1. The number of anilines is 2. The number of hydrogen-bond acceptors (Lipinski definition) is 3. The van der Waals surface area contributed by atoms with Crippen LogP contribution in [0.4, 0.5) is 21.9 Å². The van der Waals surface area contributed by atoms with Crippen molar-refractivity contribution in [2.75, 3.05) is 10.6 Å². The van der Waals surface area contributed by atoms with Gasteiger partial charge in [0.25, 0.3) is 5.69 Å². The molecule has 0 saturated carbocycles. The molecule has 0 aliphatic heterocycles. The van der Waals surface area contributed by atoms with Gasteiger partial charge < -0.3 is 10.6 Å². The predicted molar refractivity (Wildman–Crippen MR) is 108 cm³/mol. The van der Waals surface area contributed by atoms with E-state index in [1.807, 2.05) is 12.1 Å². The Morgan fingerprint density at radius 2 is 1.30 bits per heavy atom. The number of rotatable bonds is 4. The fourth-order valence-electron chi connectivity index (χ4n) is 2.39. The van der Waals surface area contributed by atoms with Gasteiger partial charge in [0.2, 0.25) is 0 Å². The maximum atomic E-state index is 12.1. The smallest absolute Gasteiger partial charge is 0.308 e. The predicted octanol–water partition coefficient (Wildman–Crippen LogP) is 6.21. The monoisotopic (exact) mass is 401 g/mol. The average Bonchev–Trinajstić information content (AvgIpc) is 2.65. The molecule has 0 bridgehead atoms. The molecule has 0 fully saturated rings. The lowest BCUT2D eigenvalue weighted by molar-refractivity contribution is -0.384. The Morgan fingerprint density at radius 3 is 1.85 bits per heavy atom. The molecule has 0 aromatic heterocycles. The number of nitrogens with one attached hydrogen (secondary N) is 2. The minimum atomic E-state index is -0.441. The van der Waals surface area contributed by atoms with E-state index < -0.39 is 11.0 Å². The van der Waals surface area contributed by atoms with Gasteiger partial charge in [0, 0.05) is 23.5 Å². The SMILES string of the molecule is O=C(Nc1ccc(-c2ccc([N+](=O)[O-])cc2)cc1)Nc1ccc(Cl)c(Cl)c1. The van der Waals surface area contributed by atoms with Crippen LogP contribution in [0, 0.1) is 10.1 Å². The van der Waals surface area contributed by atoms with E-state index in [1.54, 1.807) is 42.5 Å². The van der Waals surface area contributed by atoms with Crippen LogP contribution < -0.4 is 10.6 Å². The van der Waals surface area contributed by atoms with Crippen molar-refractivity contribution in [3.63, 3.8) is 0 Å². The van der Waals surface area contributed by atoms with E-state index in [0.29, 0.717) is 21.4 Å². The molecule has 0 heterocycles. The molecule has 6 nitrogen and oxygen atoms in total. The number of nitro groups is 1. The van der Waals surface area contributed by atoms with Crippen molar-refractivity contribution < 1.29 is 9.72 Å². The molecule has 0 spiro atoms. The Bertz CT molecular complexity index is 990. The van der Waals surface area contributed by atoms with Crippen molar-refractivity contribution in [1.29, 1.82) is 0 Å². The quantitative estimate of drug-likeness (QED) is 0.402. The van der Waals surface area contributed by atoms with Crippen LogP contribution >= 0.6 is 23.2 Å². The number of halogens is 2. The van der Waals surface area contributed by atoms with Crippen LogP contribution in [0.25, 0.3) is 11.1 Å². The second-order valence-corrected chi connectivity index (χ2v) is 6.40. The van der Waals surface area contributed by atoms with Crippen molar-refractivity contribution >= 4 is 46.3 Å². The first-order valence-electron chi connectivity index (χ1n) is 7.80. The molecule has 2 amide bonds. The highest BCUT2D eigenvalue weighted by molar-refractivity contribution is 6.42. The van der Waals surface area contributed by atoms with Gasteiger partial charge in [0.05, 0.1) is 15.0 Å². The van der Waals surface area contributed by atoms with Gasteiger partial charge in [-0.15, -0.1) is 0 Å². The fraction of sp³-hybridized carbons (Fsp3) is 0. The number of urea groups is 1. The standard InChI is InChI=1S/C19H13Cl2N3O3/c20-17-10-7-15(11-18(17)21)23-19(25)22-14-5-1-12(2-6-14)13-3-8-16(9-4-13)24(26)27/h1-11H,(H2,22,23,25). The van der Waals surface area contributed by atoms with Gasteiger partial charge in [-0.25, -0.2) is 4.79 Å². The summed E-state index contributed by atoms with van der Waals surface area (Å²) in [4.78, 5) is 22.3. The number of benzene rings is 3. The van der Waals surface area contributed by atoms with Crippen molar-refractivity contribution in [3.8, 4) is 11.1 Å². The van der Waals surface area contributed by atoms with E-state index in [2.05, 4.69) is 10.6 Å². The molecule has 2 N–H and O–H groups in total. The second kappa shape index (κ2) is 8.07. The maximum absolute atomic E-state index is 12.1. The average molecular weight is 402 g/mol. The molecule has 0 unspecified atom stereocenters. The summed E-state index contributed by atoms with van der Waals surface area (Å²) in [6.07, 6.45) is 0. The van der Waals surface area contributed by atoms with E-state index in [1.165, 1.54) is 12.1 Å². The lowest BCUT2D eigenvalue weighted by Crippen LogP contribution is -2.19. The maximum Gasteiger partial charge on any atom is 0.323 e. The van der Waals surface area contributed by atoms with Crippen LogP contribution in [0.15, 0.2) is 66.7 Å². The van der Waals surface area contributed by atoms with Crippen LogP contribution in [-0.4, -0.2) is 11.0 Å². The van der Waals surface area contributed by atoms with Gasteiger partial charge in [0.1, 0.15) is 0 Å². The summed E-state index contributed by atoms with van der Waals surface area (Å²) in [5, 5.41) is 16.8. The van der Waals surface area contributed by atoms with E-state index >= 15 is 0 Å². The first kappa shape index (κ1) is 18.7. The molecule has 3 aromatic rings. The van der Waals surface area contributed by atoms with E-state index in [-0.39, 0.29) is 5.69 Å². The molecule has 27 heavy (non-hydrogen) atoms. The minimum Gasteiger partial charge on any atom is -0.308 e. The Hall–Kier alpha value is -3.09. The molecule has 0 aliphatic rings. The highest BCUT2D eigenvalue weighted by atomic mass is 35.5. The number of hydrogen-bond donors (Lipinski definition) is 2. The van der Waals surface area contributed by atoms with Crippen LogP contribution in [0.3, 0.4) is 0 Å². The molecule has 0 saturated heterocycles. The first-order valence-corrected chi connectivity index (χ1v) is 8.56. The normalized spacial score (nSPS) is 10.3. The number of nitro benzene ring substituents is 1. The molecular formula is C19H13Cl2N3O3. The molecular weight excluding hydrogens is 389 g/mol. The summed E-state index contributed by atoms with van der Waals surface area (Å²) in [5.74, 6) is 0. The minimum absolute atomic E-state index is 0.0380. The molecule has 0 radical (unpaired) electrons. The third kappa shape index (κ3) is 4.75. The summed E-state index contributed by atoms with van der Waals surface area (Å²) >= 11 is 11.8. The zero-order valence-corrected chi connectivity index (χ0v) is 15.3. The Labute approximate surface area is 164 Å². The number of carbonyl (C=O) groups excluding carboxylic acids is 1. The first-order chi connectivity index (χ1) is 12.9. The second-order valence-electron chi connectivity index (χ2n) is 5.59. The number of amides is 2. The van der Waals surface area contributed by atoms with Crippen molar-refractivity contribution in [2.24, 2.45) is 0 Å². The van der Waals surface area contributed by atoms with Crippen LogP contribution in [-0.2, 0) is 0 Å². The van der Waals surface area contributed by atoms with Gasteiger partial charge in [-0.1, -0.05) is 35.3 Å². The van der Waals surface area contributed by atoms with Gasteiger partial charge in [-0.3, -0.25) is 10.1 Å². The largest absolute Gasteiger partial charge is 0.323 e. The van der Waals surface area contributed by atoms with Crippen molar-refractivity contribution in [3.05, 3.63) is 86.9 Å². The lowest BCUT2D eigenvalue weighted by Gasteiger charge is -2.09. The molecule has 8 heteroatoms. The summed E-state index contributed by atoms with van der Waals surface area (Å²) in [6, 6.07) is 17.7. The fourth-order valence-corrected chi connectivity index (χ4v) is 2.69. The molecule has 0 atom stereocenters. The number of non-ortho nitro benzene ring substituents is 1. The molecule has 3 rings (SSSR count). The highest BCUT2D eigenvalue weighted by Gasteiger charge is 2.07. The third-order valence-electron chi connectivity index (χ3n) is 3.73. The summed E-state index contributed by atoms with van der Waals surface area (Å²) in [5.41, 5.74) is 2.87. The number of nitrogens with zero attached hydrogens (tertiary/aromatic N) is 1. The van der Waals surface area contributed by atoms with Crippen molar-refractivity contribution in [1.82, 2.24) is 0 Å². The van der Waals surface area contributed by atoms with Crippen molar-refractivity contribution in [2.45, 2.75) is 0 Å². The van der Waals surface area contributed by atoms with Crippen LogP contribution in [0.2, 0.25) is 10.0 Å². The third-order valence-corrected chi connectivity index (χ3v) is 4.47. The van der Waals surface area contributed by atoms with Gasteiger partial charge >= 0.3 is 6.03 Å². The summed E-state index contributed by atoms with van der Waals surface area (Å²) < 4.78 is 0.